The van der Waals surface area contributed by atoms with Gasteiger partial charge in [0, 0.05) is 25.2 Å². The van der Waals surface area contributed by atoms with Crippen LogP contribution in [0.4, 0.5) is 0 Å². The fourth-order valence-electron chi connectivity index (χ4n) is 8.41. The molecule has 0 amide bonds. The Labute approximate surface area is 246 Å². The van der Waals surface area contributed by atoms with Crippen molar-refractivity contribution in [1.29, 1.82) is 0 Å². The number of Topliss-reactive ketones (excluding diaryl/α,β-unsaturated/α-hetero) is 1. The van der Waals surface area contributed by atoms with E-state index in [4.69, 9.17) is 19.2 Å². The fraction of sp³-hybridized carbons (Fsp3) is 0.971. The van der Waals surface area contributed by atoms with Gasteiger partial charge in [0.25, 0.3) is 0 Å². The van der Waals surface area contributed by atoms with Crippen LogP contribution in [0.5, 0.6) is 0 Å². The van der Waals surface area contributed by atoms with Crippen LogP contribution in [0.1, 0.15) is 169 Å². The van der Waals surface area contributed by atoms with E-state index in [0.29, 0.717) is 36.4 Å². The van der Waals surface area contributed by atoms with Gasteiger partial charge in [-0.1, -0.05) is 117 Å². The summed E-state index contributed by atoms with van der Waals surface area (Å²) in [6.45, 7) is 8.86. The molecule has 5 fully saturated rings. The van der Waals surface area contributed by atoms with Gasteiger partial charge in [-0.25, -0.2) is 9.78 Å². The number of carbonyl (C=O) groups excluding carboxylic acids is 1. The van der Waals surface area contributed by atoms with Crippen molar-refractivity contribution >= 4 is 5.78 Å². The molecule has 40 heavy (non-hydrogen) atoms. The minimum Gasteiger partial charge on any atom is -0.345 e. The van der Waals surface area contributed by atoms with Crippen LogP contribution in [0.25, 0.3) is 0 Å². The van der Waals surface area contributed by atoms with Gasteiger partial charge in [0.2, 0.25) is 5.79 Å². The Hall–Kier alpha value is -0.490. The molecule has 4 heterocycles. The van der Waals surface area contributed by atoms with Crippen molar-refractivity contribution in [2.24, 2.45) is 23.7 Å². The molecule has 232 valence electrons. The highest BCUT2D eigenvalue weighted by molar-refractivity contribution is 5.78. The molecule has 1 spiro atoms. The predicted molar refractivity (Wildman–Crippen MR) is 161 cm³/mol. The second kappa shape index (κ2) is 15.8. The third-order valence-corrected chi connectivity index (χ3v) is 11.0. The van der Waals surface area contributed by atoms with Gasteiger partial charge in [-0.2, -0.15) is 0 Å². The second-order valence-electron chi connectivity index (χ2n) is 14.2. The van der Waals surface area contributed by atoms with Crippen LogP contribution in [0.15, 0.2) is 0 Å². The summed E-state index contributed by atoms with van der Waals surface area (Å²) < 4.78 is 13.1. The first-order valence-electron chi connectivity index (χ1n) is 17.6. The van der Waals surface area contributed by atoms with E-state index in [9.17, 15) is 4.79 Å². The zero-order chi connectivity index (χ0) is 28.4. The van der Waals surface area contributed by atoms with Crippen molar-refractivity contribution in [3.05, 3.63) is 0 Å². The lowest BCUT2D eigenvalue weighted by atomic mass is 9.57. The predicted octanol–water partition coefficient (Wildman–Crippen LogP) is 9.85. The highest BCUT2D eigenvalue weighted by Gasteiger charge is 2.69. The van der Waals surface area contributed by atoms with Crippen LogP contribution in [0, 0.1) is 23.7 Å². The number of unbranched alkanes of at least 4 members (excludes halogenated alkanes) is 15. The lowest BCUT2D eigenvalue weighted by molar-refractivity contribution is -0.570. The Bertz CT molecular complexity index is 756. The number of ketones is 1. The third-order valence-electron chi connectivity index (χ3n) is 11.0. The van der Waals surface area contributed by atoms with E-state index in [2.05, 4.69) is 20.8 Å². The van der Waals surface area contributed by atoms with E-state index < -0.39 is 17.7 Å². The lowest BCUT2D eigenvalue weighted by Crippen LogP contribution is -2.70. The van der Waals surface area contributed by atoms with Gasteiger partial charge < -0.3 is 9.47 Å². The first-order chi connectivity index (χ1) is 19.4. The minimum atomic E-state index is -0.750. The number of hydrogen-bond acceptors (Lipinski definition) is 5. The smallest absolute Gasteiger partial charge is 0.201 e. The van der Waals surface area contributed by atoms with Gasteiger partial charge in [-0.3, -0.25) is 4.79 Å². The Morgan fingerprint density at radius 1 is 0.725 bits per heavy atom. The maximum Gasteiger partial charge on any atom is 0.201 e. The maximum absolute atomic E-state index is 13.0. The van der Waals surface area contributed by atoms with Crippen molar-refractivity contribution in [1.82, 2.24) is 0 Å². The molecule has 0 aromatic rings. The number of carbonyl (C=O) groups is 1. The van der Waals surface area contributed by atoms with Crippen molar-refractivity contribution < 1.29 is 24.0 Å². The average molecular weight is 563 g/mol. The molecule has 0 aromatic heterocycles. The van der Waals surface area contributed by atoms with Gasteiger partial charge >= 0.3 is 0 Å². The first kappa shape index (κ1) is 32.4. The van der Waals surface area contributed by atoms with Gasteiger partial charge in [-0.05, 0) is 50.4 Å². The highest BCUT2D eigenvalue weighted by atomic mass is 17.3. The SMILES string of the molecule is CCCCCCCCCCCCCCCCCCC(=O)C[C@H]1O[C@@H]2O[C@@]3(C)CC[C@H]4[C@H](C)CC[C@@H]([C@H]1C)[C@@]24OO3. The zero-order valence-corrected chi connectivity index (χ0v) is 26.6. The molecule has 5 rings (SSSR count). The van der Waals surface area contributed by atoms with E-state index in [1.54, 1.807) is 0 Å². The third kappa shape index (κ3) is 8.11. The summed E-state index contributed by atoms with van der Waals surface area (Å²) in [7, 11) is 0. The Morgan fingerprint density at radius 3 is 1.90 bits per heavy atom. The zero-order valence-electron chi connectivity index (χ0n) is 26.6. The summed E-state index contributed by atoms with van der Waals surface area (Å²) in [5, 5.41) is 0. The molecule has 0 unspecified atom stereocenters. The normalized spacial score (nSPS) is 36.8. The van der Waals surface area contributed by atoms with Gasteiger partial charge in [0.05, 0.1) is 6.10 Å². The molecule has 0 radical (unpaired) electrons. The summed E-state index contributed by atoms with van der Waals surface area (Å²) in [6.07, 6.45) is 26.5. The Morgan fingerprint density at radius 2 is 1.30 bits per heavy atom. The molecule has 5 aliphatic rings. The van der Waals surface area contributed by atoms with Crippen LogP contribution >= 0.6 is 0 Å². The molecule has 1 saturated carbocycles. The molecule has 4 aliphatic heterocycles. The molecule has 2 bridgehead atoms. The maximum atomic E-state index is 13.0. The number of hydrogen-bond donors (Lipinski definition) is 0. The number of ether oxygens (including phenoxy) is 2. The quantitative estimate of drug-likeness (QED) is 0.116. The number of rotatable bonds is 19. The van der Waals surface area contributed by atoms with Crippen molar-refractivity contribution in [2.45, 2.75) is 193 Å². The summed E-state index contributed by atoms with van der Waals surface area (Å²) in [4.78, 5) is 25.2. The van der Waals surface area contributed by atoms with Crippen molar-refractivity contribution in [2.75, 3.05) is 0 Å². The molecule has 0 aromatic carbocycles. The average Bonchev–Trinajstić information content (AvgIpc) is 3.17. The van der Waals surface area contributed by atoms with Gasteiger partial charge in [0.15, 0.2) is 11.9 Å². The molecular weight excluding hydrogens is 500 g/mol. The fourth-order valence-corrected chi connectivity index (χ4v) is 8.41. The first-order valence-corrected chi connectivity index (χ1v) is 17.6. The lowest BCUT2D eigenvalue weighted by Gasteiger charge is -2.60. The monoisotopic (exact) mass is 562 g/mol. The van der Waals surface area contributed by atoms with E-state index >= 15 is 0 Å². The molecule has 1 aliphatic carbocycles. The van der Waals surface area contributed by atoms with E-state index in [1.807, 2.05) is 6.92 Å². The topological polar surface area (TPSA) is 54.0 Å². The molecule has 8 atom stereocenters. The number of fused-ring (bicyclic) bond motifs is 2. The van der Waals surface area contributed by atoms with E-state index in [0.717, 1.165) is 25.7 Å². The van der Waals surface area contributed by atoms with Crippen LogP contribution in [-0.2, 0) is 24.0 Å². The molecule has 5 nitrogen and oxygen atoms in total. The van der Waals surface area contributed by atoms with Crippen molar-refractivity contribution in [3.8, 4) is 0 Å². The standard InChI is InChI=1S/C35H62O5/c1-5-6-7-8-9-10-11-12-13-14-15-16-17-18-19-20-21-29(36)26-32-28(3)31-23-22-27(2)30-24-25-34(4)38-33(37-32)35(30,31)40-39-34/h27-28,30-33H,5-26H2,1-4H3/t27-,28-,30+,31+,32-,33-,34-,35-/m1/s1. The molecular formula is C35H62O5. The summed E-state index contributed by atoms with van der Waals surface area (Å²) in [6, 6.07) is 0. The molecule has 5 heteroatoms. The van der Waals surface area contributed by atoms with Crippen LogP contribution in [0.3, 0.4) is 0 Å². The minimum absolute atomic E-state index is 0.0882. The van der Waals surface area contributed by atoms with Crippen LogP contribution in [0.2, 0.25) is 0 Å². The summed E-state index contributed by atoms with van der Waals surface area (Å²) in [5.41, 5.74) is -0.527. The second-order valence-corrected chi connectivity index (χ2v) is 14.2. The van der Waals surface area contributed by atoms with Gasteiger partial charge in [-0.15, -0.1) is 0 Å². The molecule has 0 N–H and O–H groups in total. The van der Waals surface area contributed by atoms with E-state index in [-0.39, 0.29) is 12.0 Å². The van der Waals surface area contributed by atoms with Crippen LogP contribution < -0.4 is 0 Å². The molecule has 4 saturated heterocycles. The summed E-state index contributed by atoms with van der Waals surface area (Å²) in [5.74, 6) is 1.11. The summed E-state index contributed by atoms with van der Waals surface area (Å²) >= 11 is 0. The van der Waals surface area contributed by atoms with Gasteiger partial charge in [0.1, 0.15) is 5.78 Å². The Balaban J connectivity index is 1.07. The highest BCUT2D eigenvalue weighted by Crippen LogP contribution is 2.60. The van der Waals surface area contributed by atoms with E-state index in [1.165, 1.54) is 103 Å². The Kier molecular flexibility index (Phi) is 12.8. The van der Waals surface area contributed by atoms with Crippen LogP contribution in [-0.4, -0.2) is 29.6 Å². The van der Waals surface area contributed by atoms with Crippen molar-refractivity contribution in [3.63, 3.8) is 0 Å². The largest absolute Gasteiger partial charge is 0.345 e.